The minimum absolute atomic E-state index is 0.0231. The van der Waals surface area contributed by atoms with Crippen molar-refractivity contribution in [3.63, 3.8) is 0 Å². The van der Waals surface area contributed by atoms with Gasteiger partial charge >= 0.3 is 0 Å². The van der Waals surface area contributed by atoms with Gasteiger partial charge in [0.25, 0.3) is 0 Å². The van der Waals surface area contributed by atoms with E-state index in [0.717, 1.165) is 27.9 Å². The largest absolute Gasteiger partial charge is 0.496 e. The summed E-state index contributed by atoms with van der Waals surface area (Å²) in [6, 6.07) is 15.5. The third-order valence-corrected chi connectivity index (χ3v) is 5.28. The zero-order chi connectivity index (χ0) is 19.5. The normalized spacial score (nSPS) is 16.5. The van der Waals surface area contributed by atoms with Crippen LogP contribution in [-0.4, -0.2) is 41.9 Å². The standard InChI is InChI=1S/C22H23N3O3/c1-28-20-8-3-2-5-15(20)10-12-25-14-16(13-21(25)26)22(27)24-19-7-4-6-18-17(19)9-11-23-18/h2-9,11,16,23H,10,12-14H2,1H3,(H,24,27)/t16-/m0/s1. The van der Waals surface area contributed by atoms with E-state index in [4.69, 9.17) is 4.74 Å². The first-order chi connectivity index (χ1) is 13.7. The van der Waals surface area contributed by atoms with Gasteiger partial charge in [0.2, 0.25) is 11.8 Å². The Bertz CT molecular complexity index is 1010. The van der Waals surface area contributed by atoms with E-state index < -0.39 is 0 Å². The topological polar surface area (TPSA) is 74.4 Å². The smallest absolute Gasteiger partial charge is 0.229 e. The van der Waals surface area contributed by atoms with Crippen molar-refractivity contribution in [2.75, 3.05) is 25.5 Å². The van der Waals surface area contributed by atoms with Gasteiger partial charge in [0.15, 0.2) is 0 Å². The molecule has 1 fully saturated rings. The number of carbonyl (C=O) groups is 2. The Morgan fingerprint density at radius 3 is 2.93 bits per heavy atom. The first kappa shape index (κ1) is 18.1. The highest BCUT2D eigenvalue weighted by atomic mass is 16.5. The maximum absolute atomic E-state index is 12.7. The van der Waals surface area contributed by atoms with Crippen molar-refractivity contribution in [1.82, 2.24) is 9.88 Å². The molecule has 1 aliphatic heterocycles. The Kier molecular flexibility index (Phi) is 5.02. The molecular weight excluding hydrogens is 354 g/mol. The zero-order valence-corrected chi connectivity index (χ0v) is 15.8. The Labute approximate surface area is 163 Å². The van der Waals surface area contributed by atoms with Crippen molar-refractivity contribution in [2.24, 2.45) is 5.92 Å². The maximum atomic E-state index is 12.7. The van der Waals surface area contributed by atoms with Crippen LogP contribution in [0.4, 0.5) is 5.69 Å². The Hall–Kier alpha value is -3.28. The third-order valence-electron chi connectivity index (χ3n) is 5.28. The summed E-state index contributed by atoms with van der Waals surface area (Å²) in [5.41, 5.74) is 2.80. The zero-order valence-electron chi connectivity index (χ0n) is 15.8. The molecule has 0 unspecified atom stereocenters. The van der Waals surface area contributed by atoms with Crippen molar-refractivity contribution in [2.45, 2.75) is 12.8 Å². The predicted octanol–water partition coefficient (Wildman–Crippen LogP) is 3.21. The maximum Gasteiger partial charge on any atom is 0.229 e. The molecule has 28 heavy (non-hydrogen) atoms. The van der Waals surface area contributed by atoms with Gasteiger partial charge in [-0.2, -0.15) is 0 Å². The van der Waals surface area contributed by atoms with E-state index in [1.54, 1.807) is 12.0 Å². The van der Waals surface area contributed by atoms with Crippen LogP contribution < -0.4 is 10.1 Å². The molecule has 0 bridgehead atoms. The number of H-pyrrole nitrogens is 1. The summed E-state index contributed by atoms with van der Waals surface area (Å²) in [5, 5.41) is 3.95. The molecule has 4 rings (SSSR count). The van der Waals surface area contributed by atoms with Crippen LogP contribution in [0, 0.1) is 5.92 Å². The molecule has 0 saturated carbocycles. The van der Waals surface area contributed by atoms with Gasteiger partial charge in [-0.15, -0.1) is 0 Å². The molecule has 0 aliphatic carbocycles. The average Bonchev–Trinajstić information content (AvgIpc) is 3.34. The van der Waals surface area contributed by atoms with Crippen LogP contribution in [0.15, 0.2) is 54.7 Å². The van der Waals surface area contributed by atoms with Crippen LogP contribution in [0.1, 0.15) is 12.0 Å². The second kappa shape index (κ2) is 7.76. The molecule has 1 aromatic heterocycles. The highest BCUT2D eigenvalue weighted by Gasteiger charge is 2.34. The summed E-state index contributed by atoms with van der Waals surface area (Å²) < 4.78 is 5.37. The number of hydrogen-bond donors (Lipinski definition) is 2. The summed E-state index contributed by atoms with van der Waals surface area (Å²) in [6.07, 6.45) is 2.80. The van der Waals surface area contributed by atoms with Gasteiger partial charge in [0, 0.05) is 36.6 Å². The number of methoxy groups -OCH3 is 1. The van der Waals surface area contributed by atoms with Gasteiger partial charge in [-0.3, -0.25) is 9.59 Å². The number of ether oxygens (including phenoxy) is 1. The number of nitrogens with one attached hydrogen (secondary N) is 2. The van der Waals surface area contributed by atoms with Crippen LogP contribution in [0.3, 0.4) is 0 Å². The van der Waals surface area contributed by atoms with Crippen LogP contribution >= 0.6 is 0 Å². The number of carbonyl (C=O) groups excluding carboxylic acids is 2. The predicted molar refractivity (Wildman–Crippen MR) is 108 cm³/mol. The fraction of sp³-hybridized carbons (Fsp3) is 0.273. The molecule has 3 aromatic rings. The molecule has 2 N–H and O–H groups in total. The van der Waals surface area contributed by atoms with Gasteiger partial charge in [0.1, 0.15) is 5.75 Å². The molecular formula is C22H23N3O3. The summed E-state index contributed by atoms with van der Waals surface area (Å²) in [7, 11) is 1.64. The Morgan fingerprint density at radius 2 is 2.07 bits per heavy atom. The van der Waals surface area contributed by atoms with Crippen molar-refractivity contribution < 1.29 is 14.3 Å². The van der Waals surface area contributed by atoms with Gasteiger partial charge in [-0.1, -0.05) is 24.3 Å². The summed E-state index contributed by atoms with van der Waals surface area (Å²) in [5.74, 6) is 0.402. The van der Waals surface area contributed by atoms with Crippen molar-refractivity contribution in [3.8, 4) is 5.75 Å². The summed E-state index contributed by atoms with van der Waals surface area (Å²) in [4.78, 5) is 30.0. The van der Waals surface area contributed by atoms with Gasteiger partial charge in [-0.05, 0) is 36.2 Å². The second-order valence-electron chi connectivity index (χ2n) is 7.04. The van der Waals surface area contributed by atoms with Crippen molar-refractivity contribution in [3.05, 3.63) is 60.3 Å². The number of anilines is 1. The number of aromatic amines is 1. The Morgan fingerprint density at radius 1 is 1.21 bits per heavy atom. The molecule has 1 saturated heterocycles. The van der Waals surface area contributed by atoms with E-state index >= 15 is 0 Å². The van der Waals surface area contributed by atoms with Crippen LogP contribution in [0.2, 0.25) is 0 Å². The van der Waals surface area contributed by atoms with E-state index in [2.05, 4.69) is 10.3 Å². The van der Waals surface area contributed by atoms with Crippen LogP contribution in [0.5, 0.6) is 5.75 Å². The van der Waals surface area contributed by atoms with Crippen molar-refractivity contribution >= 4 is 28.4 Å². The minimum atomic E-state index is -0.334. The summed E-state index contributed by atoms with van der Waals surface area (Å²) >= 11 is 0. The number of nitrogens with zero attached hydrogens (tertiary/aromatic N) is 1. The first-order valence-electron chi connectivity index (χ1n) is 9.42. The van der Waals surface area contributed by atoms with Crippen LogP contribution in [-0.2, 0) is 16.0 Å². The number of hydrogen-bond acceptors (Lipinski definition) is 3. The van der Waals surface area contributed by atoms with Gasteiger partial charge in [-0.25, -0.2) is 0 Å². The molecule has 1 aliphatic rings. The van der Waals surface area contributed by atoms with E-state index in [9.17, 15) is 9.59 Å². The number of fused-ring (bicyclic) bond motifs is 1. The SMILES string of the molecule is COc1ccccc1CCN1C[C@@H](C(=O)Nc2cccc3[nH]ccc23)CC1=O. The number of benzene rings is 2. The lowest BCUT2D eigenvalue weighted by atomic mass is 10.1. The van der Waals surface area contributed by atoms with E-state index in [1.807, 2.05) is 54.7 Å². The lowest BCUT2D eigenvalue weighted by Crippen LogP contribution is -2.30. The fourth-order valence-corrected chi connectivity index (χ4v) is 3.76. The molecule has 2 aromatic carbocycles. The molecule has 2 heterocycles. The molecule has 144 valence electrons. The second-order valence-corrected chi connectivity index (χ2v) is 7.04. The highest BCUT2D eigenvalue weighted by Crippen LogP contribution is 2.26. The number of likely N-dealkylation sites (tertiary alicyclic amines) is 1. The molecule has 6 nitrogen and oxygen atoms in total. The van der Waals surface area contributed by atoms with Crippen LogP contribution in [0.25, 0.3) is 10.9 Å². The van der Waals surface area contributed by atoms with E-state index in [0.29, 0.717) is 19.5 Å². The third kappa shape index (κ3) is 3.58. The molecule has 1 atom stereocenters. The van der Waals surface area contributed by atoms with Gasteiger partial charge in [0.05, 0.1) is 18.7 Å². The van der Waals surface area contributed by atoms with E-state index in [1.165, 1.54) is 0 Å². The van der Waals surface area contributed by atoms with Crippen molar-refractivity contribution in [1.29, 1.82) is 0 Å². The van der Waals surface area contributed by atoms with Gasteiger partial charge < -0.3 is 19.9 Å². The highest BCUT2D eigenvalue weighted by molar-refractivity contribution is 6.03. The fourth-order valence-electron chi connectivity index (χ4n) is 3.76. The molecule has 6 heteroatoms. The minimum Gasteiger partial charge on any atom is -0.496 e. The number of para-hydroxylation sites is 1. The number of rotatable bonds is 6. The molecule has 0 radical (unpaired) electrons. The lowest BCUT2D eigenvalue weighted by molar-refractivity contribution is -0.128. The summed E-state index contributed by atoms with van der Waals surface area (Å²) in [6.45, 7) is 1.03. The Balaban J connectivity index is 1.39. The lowest BCUT2D eigenvalue weighted by Gasteiger charge is -2.17. The monoisotopic (exact) mass is 377 g/mol. The van der Waals surface area contributed by atoms with E-state index in [-0.39, 0.29) is 24.2 Å². The molecule has 2 amide bonds. The first-order valence-corrected chi connectivity index (χ1v) is 9.42. The quantitative estimate of drug-likeness (QED) is 0.693. The average molecular weight is 377 g/mol. The molecule has 0 spiro atoms. The number of aromatic nitrogens is 1. The number of amides is 2.